The summed E-state index contributed by atoms with van der Waals surface area (Å²) in [4.78, 5) is 12.1. The third-order valence-electron chi connectivity index (χ3n) is 4.56. The van der Waals surface area contributed by atoms with E-state index in [0.29, 0.717) is 10.9 Å². The lowest BCUT2D eigenvalue weighted by atomic mass is 10.1. The van der Waals surface area contributed by atoms with Crippen molar-refractivity contribution < 1.29 is 26.4 Å². The maximum atomic E-state index is 14.7. The first-order chi connectivity index (χ1) is 15.0. The number of hydrogen-bond donors (Lipinski definition) is 1. The van der Waals surface area contributed by atoms with Crippen molar-refractivity contribution in [1.82, 2.24) is 14.5 Å². The van der Waals surface area contributed by atoms with Gasteiger partial charge in [-0.2, -0.15) is 5.10 Å². The van der Waals surface area contributed by atoms with Crippen LogP contribution in [-0.2, 0) is 10.0 Å². The maximum Gasteiger partial charge on any atom is 0.267 e. The van der Waals surface area contributed by atoms with Crippen LogP contribution in [0.2, 0.25) is 5.02 Å². The molecule has 32 heavy (non-hydrogen) atoms. The van der Waals surface area contributed by atoms with Gasteiger partial charge in [0, 0.05) is 23.1 Å². The van der Waals surface area contributed by atoms with Crippen molar-refractivity contribution in [3.05, 3.63) is 82.6 Å². The van der Waals surface area contributed by atoms with Crippen molar-refractivity contribution in [3.8, 4) is 16.9 Å². The molecule has 1 amide bonds. The molecule has 0 aliphatic heterocycles. The second kappa shape index (κ2) is 7.95. The van der Waals surface area contributed by atoms with Crippen LogP contribution in [0.15, 0.2) is 54.6 Å². The van der Waals surface area contributed by atoms with E-state index in [1.165, 1.54) is 10.7 Å². The molecule has 0 aliphatic rings. The van der Waals surface area contributed by atoms with Gasteiger partial charge in [-0.3, -0.25) is 4.79 Å². The minimum Gasteiger partial charge on any atom is -0.268 e. The molecule has 0 radical (unpaired) electrons. The fourth-order valence-electron chi connectivity index (χ4n) is 3.23. The van der Waals surface area contributed by atoms with Crippen molar-refractivity contribution in [3.63, 3.8) is 0 Å². The van der Waals surface area contributed by atoms with Crippen LogP contribution in [0.3, 0.4) is 0 Å². The highest BCUT2D eigenvalue weighted by Gasteiger charge is 2.22. The second-order valence-corrected chi connectivity index (χ2v) is 9.04. The number of fused-ring (bicyclic) bond motifs is 1. The fraction of sp³-hybridized carbons (Fsp3) is 0.0476. The summed E-state index contributed by atoms with van der Waals surface area (Å²) in [5.41, 5.74) is 0.104. The van der Waals surface area contributed by atoms with Gasteiger partial charge in [0.15, 0.2) is 0 Å². The third kappa shape index (κ3) is 4.06. The molecular weight excluding hydrogens is 467 g/mol. The summed E-state index contributed by atoms with van der Waals surface area (Å²) in [5.74, 6) is -3.80. The Kier molecular flexibility index (Phi) is 5.43. The number of aromatic nitrogens is 2. The number of para-hydroxylation sites is 1. The van der Waals surface area contributed by atoms with Crippen molar-refractivity contribution in [1.29, 1.82) is 0 Å². The molecule has 6 nitrogen and oxygen atoms in total. The molecule has 0 unspecified atom stereocenters. The number of hydrogen-bond acceptors (Lipinski definition) is 4. The lowest BCUT2D eigenvalue weighted by molar-refractivity contribution is 0.0978. The van der Waals surface area contributed by atoms with Crippen LogP contribution in [0.25, 0.3) is 27.8 Å². The van der Waals surface area contributed by atoms with E-state index in [9.17, 15) is 26.4 Å². The average molecular weight is 480 g/mol. The minimum atomic E-state index is -3.92. The number of amides is 1. The van der Waals surface area contributed by atoms with Crippen molar-refractivity contribution in [2.75, 3.05) is 6.26 Å². The molecule has 0 saturated heterocycles. The quantitative estimate of drug-likeness (QED) is 0.469. The predicted molar refractivity (Wildman–Crippen MR) is 114 cm³/mol. The summed E-state index contributed by atoms with van der Waals surface area (Å²) in [5, 5.41) is 4.75. The van der Waals surface area contributed by atoms with Crippen LogP contribution in [0.5, 0.6) is 0 Å². The first-order valence-corrected chi connectivity index (χ1v) is 11.3. The number of benzene rings is 3. The van der Waals surface area contributed by atoms with E-state index >= 15 is 0 Å². The van der Waals surface area contributed by atoms with Crippen molar-refractivity contribution >= 4 is 38.4 Å². The van der Waals surface area contributed by atoms with Gasteiger partial charge in [0.2, 0.25) is 10.0 Å². The summed E-state index contributed by atoms with van der Waals surface area (Å²) in [6.07, 6.45) is 0.755. The molecule has 0 spiro atoms. The second-order valence-electron chi connectivity index (χ2n) is 6.89. The van der Waals surface area contributed by atoms with Crippen LogP contribution in [-0.4, -0.2) is 30.4 Å². The molecule has 1 aromatic heterocycles. The first-order valence-electron chi connectivity index (χ1n) is 9.00. The summed E-state index contributed by atoms with van der Waals surface area (Å²) in [7, 11) is -3.92. The molecule has 1 heterocycles. The van der Waals surface area contributed by atoms with Gasteiger partial charge in [-0.15, -0.1) is 0 Å². The van der Waals surface area contributed by atoms with Gasteiger partial charge in [-0.05, 0) is 24.3 Å². The molecule has 0 bridgehead atoms. The van der Waals surface area contributed by atoms with Gasteiger partial charge in [0.25, 0.3) is 5.91 Å². The molecule has 4 rings (SSSR count). The van der Waals surface area contributed by atoms with Crippen LogP contribution < -0.4 is 4.72 Å². The van der Waals surface area contributed by atoms with Crippen molar-refractivity contribution in [2.24, 2.45) is 0 Å². The number of carbonyl (C=O) groups is 1. The molecule has 0 fully saturated rings. The van der Waals surface area contributed by atoms with E-state index in [4.69, 9.17) is 11.6 Å². The predicted octanol–water partition coefficient (Wildman–Crippen LogP) is 4.45. The molecule has 3 aromatic carbocycles. The third-order valence-corrected chi connectivity index (χ3v) is 5.42. The van der Waals surface area contributed by atoms with E-state index in [2.05, 4.69) is 5.10 Å². The van der Waals surface area contributed by atoms with Crippen LogP contribution in [0.1, 0.15) is 10.4 Å². The molecule has 164 valence electrons. The van der Waals surface area contributed by atoms with Crippen molar-refractivity contribution in [2.45, 2.75) is 0 Å². The number of halogens is 4. The van der Waals surface area contributed by atoms with Gasteiger partial charge in [0.05, 0.1) is 28.0 Å². The monoisotopic (exact) mass is 479 g/mol. The minimum absolute atomic E-state index is 0.0297. The summed E-state index contributed by atoms with van der Waals surface area (Å²) in [6.45, 7) is 0. The molecule has 11 heteroatoms. The van der Waals surface area contributed by atoms with E-state index in [1.807, 2.05) is 0 Å². The number of sulfonamides is 1. The highest BCUT2D eigenvalue weighted by molar-refractivity contribution is 7.89. The number of carbonyl (C=O) groups excluding carboxylic acids is 1. The Morgan fingerprint density at radius 2 is 1.75 bits per heavy atom. The van der Waals surface area contributed by atoms with Gasteiger partial charge in [-0.1, -0.05) is 29.8 Å². The Hall–Kier alpha value is -3.37. The number of nitrogens with zero attached hydrogens (tertiary/aromatic N) is 2. The molecule has 1 N–H and O–H groups in total. The van der Waals surface area contributed by atoms with Gasteiger partial charge in [0.1, 0.15) is 23.1 Å². The normalized spacial score (nSPS) is 11.7. The van der Waals surface area contributed by atoms with E-state index in [1.54, 1.807) is 29.0 Å². The van der Waals surface area contributed by atoms with Crippen LogP contribution >= 0.6 is 11.6 Å². The summed E-state index contributed by atoms with van der Waals surface area (Å²) in [6, 6.07) is 11.6. The largest absolute Gasteiger partial charge is 0.268 e. The molecule has 0 aliphatic carbocycles. The molecule has 0 atom stereocenters. The first kappa shape index (κ1) is 21.8. The maximum absolute atomic E-state index is 14.7. The molecule has 4 aromatic rings. The summed E-state index contributed by atoms with van der Waals surface area (Å²) < 4.78 is 68.0. The molecule has 0 saturated carbocycles. The lowest BCUT2D eigenvalue weighted by Gasteiger charge is -2.10. The Labute approximate surface area is 185 Å². The number of nitrogens with one attached hydrogen (secondary N) is 1. The fourth-order valence-corrected chi connectivity index (χ4v) is 3.92. The lowest BCUT2D eigenvalue weighted by Crippen LogP contribution is -2.30. The molecular formula is C21H13ClF3N3O3S. The van der Waals surface area contributed by atoms with E-state index in [0.717, 1.165) is 30.5 Å². The topological polar surface area (TPSA) is 81.1 Å². The Bertz CT molecular complexity index is 1500. The Morgan fingerprint density at radius 1 is 1.03 bits per heavy atom. The Balaban J connectivity index is 1.90. The smallest absolute Gasteiger partial charge is 0.267 e. The highest BCUT2D eigenvalue weighted by Crippen LogP contribution is 2.34. The SMILES string of the molecule is CS(=O)(=O)NC(=O)c1cc(Cl)c(-n2nc(-c3ccc(F)cc3F)c3ccccc32)cc1F. The van der Waals surface area contributed by atoms with Gasteiger partial charge in [-0.25, -0.2) is 31.0 Å². The summed E-state index contributed by atoms with van der Waals surface area (Å²) >= 11 is 6.28. The van der Waals surface area contributed by atoms with Crippen LogP contribution in [0, 0.1) is 17.5 Å². The Morgan fingerprint density at radius 3 is 2.44 bits per heavy atom. The van der Waals surface area contributed by atoms with E-state index in [-0.39, 0.29) is 22.0 Å². The standard InChI is InChI=1S/C21H13ClF3N3O3S/c1-32(30,31)27-21(29)14-9-15(22)19(10-17(14)25)28-18-5-3-2-4-13(18)20(26-28)12-7-6-11(23)8-16(12)24/h2-10H,1H3,(H,27,29). The highest BCUT2D eigenvalue weighted by atomic mass is 35.5. The van der Waals surface area contributed by atoms with Gasteiger partial charge >= 0.3 is 0 Å². The average Bonchev–Trinajstić information content (AvgIpc) is 3.07. The zero-order chi connectivity index (χ0) is 23.2. The number of rotatable bonds is 4. The zero-order valence-electron chi connectivity index (χ0n) is 16.2. The van der Waals surface area contributed by atoms with E-state index < -0.39 is 38.9 Å². The van der Waals surface area contributed by atoms with Gasteiger partial charge < -0.3 is 0 Å². The zero-order valence-corrected chi connectivity index (χ0v) is 17.8. The van der Waals surface area contributed by atoms with Crippen LogP contribution in [0.4, 0.5) is 13.2 Å².